The first kappa shape index (κ1) is 22.6. The van der Waals surface area contributed by atoms with Gasteiger partial charge in [-0.15, -0.1) is 0 Å². The zero-order valence-electron chi connectivity index (χ0n) is 17.5. The van der Waals surface area contributed by atoms with Gasteiger partial charge in [0.25, 0.3) is 0 Å². The molecule has 0 aliphatic rings. The molecule has 1 aromatic carbocycles. The second-order valence-corrected chi connectivity index (χ2v) is 6.40. The third-order valence-corrected chi connectivity index (χ3v) is 4.40. The number of Topliss-reactive ketones (excluding diaryl/α,β-unsaturated/α-hetero) is 1. The van der Waals surface area contributed by atoms with Crippen molar-refractivity contribution in [1.29, 1.82) is 0 Å². The van der Waals surface area contributed by atoms with E-state index in [4.69, 9.17) is 14.2 Å². The van der Waals surface area contributed by atoms with Crippen LogP contribution in [0, 0.1) is 13.8 Å². The number of methoxy groups -OCH3 is 2. The van der Waals surface area contributed by atoms with Crippen LogP contribution in [0.3, 0.4) is 0 Å². The Morgan fingerprint density at radius 1 is 0.933 bits per heavy atom. The number of aromatic nitrogens is 1. The SMILES string of the molecule is C/C=C/C(=O)OCC(=O)c1cc(C)n(-c2cc(C(=O)OC)cc(C(=O)OC)c2)c1C. The standard InChI is InChI=1S/C22H23NO7/c1-6-7-20(25)30-12-19(24)18-8-13(2)23(14(18)3)17-10-15(21(26)28-4)9-16(11-17)22(27)29-5/h6-11H,12H2,1-5H3/b7-6+. The van der Waals surface area contributed by atoms with E-state index in [2.05, 4.69) is 0 Å². The van der Waals surface area contributed by atoms with Gasteiger partial charge in [0.15, 0.2) is 6.61 Å². The third kappa shape index (κ3) is 4.83. The molecule has 0 atom stereocenters. The predicted octanol–water partition coefficient (Wildman–Crippen LogP) is 2.97. The van der Waals surface area contributed by atoms with Gasteiger partial charge in [0.1, 0.15) is 0 Å². The van der Waals surface area contributed by atoms with Gasteiger partial charge in [0, 0.05) is 28.7 Å². The Morgan fingerprint density at radius 3 is 2.00 bits per heavy atom. The third-order valence-electron chi connectivity index (χ3n) is 4.40. The summed E-state index contributed by atoms with van der Waals surface area (Å²) < 4.78 is 16.2. The molecule has 8 heteroatoms. The molecule has 0 unspecified atom stereocenters. The Balaban J connectivity index is 2.49. The van der Waals surface area contributed by atoms with Crippen molar-refractivity contribution in [3.63, 3.8) is 0 Å². The van der Waals surface area contributed by atoms with Crippen LogP contribution in [0.5, 0.6) is 0 Å². The van der Waals surface area contributed by atoms with E-state index >= 15 is 0 Å². The number of hydrogen-bond acceptors (Lipinski definition) is 7. The largest absolute Gasteiger partial charge is 0.465 e. The maximum Gasteiger partial charge on any atom is 0.337 e. The Hall–Kier alpha value is -3.68. The van der Waals surface area contributed by atoms with Crippen molar-refractivity contribution in [1.82, 2.24) is 4.57 Å². The van der Waals surface area contributed by atoms with Crippen LogP contribution in [-0.2, 0) is 19.0 Å². The molecule has 0 saturated carbocycles. The minimum absolute atomic E-state index is 0.163. The lowest BCUT2D eigenvalue weighted by atomic mass is 10.1. The summed E-state index contributed by atoms with van der Waals surface area (Å²) in [4.78, 5) is 48.1. The Kier molecular flexibility index (Phi) is 7.30. The van der Waals surface area contributed by atoms with Crippen molar-refractivity contribution in [2.45, 2.75) is 20.8 Å². The highest BCUT2D eigenvalue weighted by Crippen LogP contribution is 2.24. The topological polar surface area (TPSA) is 101 Å². The molecule has 0 bridgehead atoms. The van der Waals surface area contributed by atoms with Crippen LogP contribution >= 0.6 is 0 Å². The van der Waals surface area contributed by atoms with Crippen molar-refractivity contribution in [3.8, 4) is 5.69 Å². The van der Waals surface area contributed by atoms with Crippen LogP contribution < -0.4 is 0 Å². The van der Waals surface area contributed by atoms with Crippen LogP contribution in [0.4, 0.5) is 0 Å². The molecular weight excluding hydrogens is 390 g/mol. The van der Waals surface area contributed by atoms with Gasteiger partial charge in [-0.3, -0.25) is 4.79 Å². The van der Waals surface area contributed by atoms with Crippen molar-refractivity contribution in [2.75, 3.05) is 20.8 Å². The molecule has 8 nitrogen and oxygen atoms in total. The average Bonchev–Trinajstić information content (AvgIpc) is 3.04. The molecule has 0 spiro atoms. The second-order valence-electron chi connectivity index (χ2n) is 6.40. The molecule has 0 amide bonds. The van der Waals surface area contributed by atoms with Crippen molar-refractivity contribution in [2.24, 2.45) is 0 Å². The minimum Gasteiger partial charge on any atom is -0.465 e. The summed E-state index contributed by atoms with van der Waals surface area (Å²) in [5.74, 6) is -2.20. The van der Waals surface area contributed by atoms with Crippen molar-refractivity contribution >= 4 is 23.7 Å². The number of ketones is 1. The molecule has 2 rings (SSSR count). The molecule has 0 N–H and O–H groups in total. The van der Waals surface area contributed by atoms with E-state index < -0.39 is 24.5 Å². The van der Waals surface area contributed by atoms with Gasteiger partial charge < -0.3 is 18.8 Å². The highest BCUT2D eigenvalue weighted by molar-refractivity contribution is 6.00. The van der Waals surface area contributed by atoms with E-state index in [0.29, 0.717) is 22.6 Å². The van der Waals surface area contributed by atoms with E-state index in [-0.39, 0.29) is 16.9 Å². The molecule has 30 heavy (non-hydrogen) atoms. The molecule has 0 aliphatic heterocycles. The van der Waals surface area contributed by atoms with Gasteiger partial charge in [-0.05, 0) is 45.0 Å². The monoisotopic (exact) mass is 413 g/mol. The average molecular weight is 413 g/mol. The summed E-state index contributed by atoms with van der Waals surface area (Å²) in [7, 11) is 2.48. The number of allylic oxidation sites excluding steroid dienone is 1. The fourth-order valence-corrected chi connectivity index (χ4v) is 3.05. The van der Waals surface area contributed by atoms with Crippen LogP contribution in [-0.4, -0.2) is 49.1 Å². The van der Waals surface area contributed by atoms with E-state index in [0.717, 1.165) is 0 Å². The normalized spacial score (nSPS) is 10.7. The molecule has 0 fully saturated rings. The Bertz CT molecular complexity index is 996. The lowest BCUT2D eigenvalue weighted by molar-refractivity contribution is -0.136. The minimum atomic E-state index is -0.614. The summed E-state index contributed by atoms with van der Waals surface area (Å²) in [5, 5.41) is 0. The van der Waals surface area contributed by atoms with E-state index in [1.165, 1.54) is 32.4 Å². The summed E-state index contributed by atoms with van der Waals surface area (Å²) in [6.07, 6.45) is 2.75. The number of carbonyl (C=O) groups excluding carboxylic acids is 4. The van der Waals surface area contributed by atoms with Crippen LogP contribution in [0.2, 0.25) is 0 Å². The van der Waals surface area contributed by atoms with Gasteiger partial charge in [-0.25, -0.2) is 14.4 Å². The fourth-order valence-electron chi connectivity index (χ4n) is 3.05. The first-order valence-electron chi connectivity index (χ1n) is 9.07. The van der Waals surface area contributed by atoms with Crippen LogP contribution in [0.15, 0.2) is 36.4 Å². The van der Waals surface area contributed by atoms with Crippen molar-refractivity contribution < 1.29 is 33.4 Å². The van der Waals surface area contributed by atoms with Crippen LogP contribution in [0.25, 0.3) is 5.69 Å². The number of esters is 3. The van der Waals surface area contributed by atoms with E-state index in [1.54, 1.807) is 43.5 Å². The lowest BCUT2D eigenvalue weighted by Gasteiger charge is -2.13. The highest BCUT2D eigenvalue weighted by Gasteiger charge is 2.20. The zero-order chi connectivity index (χ0) is 22.4. The molecule has 1 aromatic heterocycles. The molecule has 0 aliphatic carbocycles. The number of carbonyl (C=O) groups is 4. The predicted molar refractivity (Wildman–Crippen MR) is 108 cm³/mol. The maximum absolute atomic E-state index is 12.6. The summed E-state index contributed by atoms with van der Waals surface area (Å²) in [6.45, 7) is 4.76. The lowest BCUT2D eigenvalue weighted by Crippen LogP contribution is -2.14. The summed E-state index contributed by atoms with van der Waals surface area (Å²) in [6, 6.07) is 6.14. The fraction of sp³-hybridized carbons (Fsp3) is 0.273. The Labute approximate surface area is 174 Å². The molecule has 0 radical (unpaired) electrons. The first-order valence-corrected chi connectivity index (χ1v) is 9.07. The second kappa shape index (κ2) is 9.69. The van der Waals surface area contributed by atoms with Crippen LogP contribution in [0.1, 0.15) is 49.4 Å². The molecule has 158 valence electrons. The maximum atomic E-state index is 12.6. The molecule has 1 heterocycles. The van der Waals surface area contributed by atoms with Crippen molar-refractivity contribution in [3.05, 3.63) is 64.5 Å². The van der Waals surface area contributed by atoms with Gasteiger partial charge in [-0.2, -0.15) is 0 Å². The van der Waals surface area contributed by atoms with Gasteiger partial charge in [0.05, 0.1) is 25.3 Å². The highest BCUT2D eigenvalue weighted by atomic mass is 16.5. The molecular formula is C22H23NO7. The first-order chi connectivity index (χ1) is 14.2. The van der Waals surface area contributed by atoms with E-state index in [1.807, 2.05) is 0 Å². The molecule has 0 saturated heterocycles. The summed E-state index contributed by atoms with van der Waals surface area (Å²) >= 11 is 0. The quantitative estimate of drug-likeness (QED) is 0.298. The number of nitrogens with zero attached hydrogens (tertiary/aromatic N) is 1. The zero-order valence-corrected chi connectivity index (χ0v) is 17.5. The van der Waals surface area contributed by atoms with Gasteiger partial charge >= 0.3 is 17.9 Å². The number of ether oxygens (including phenoxy) is 3. The van der Waals surface area contributed by atoms with Gasteiger partial charge in [-0.1, -0.05) is 6.08 Å². The summed E-state index contributed by atoms with van der Waals surface area (Å²) in [5.41, 5.74) is 2.43. The number of rotatable bonds is 7. The van der Waals surface area contributed by atoms with E-state index in [9.17, 15) is 19.2 Å². The number of benzene rings is 1. The van der Waals surface area contributed by atoms with Gasteiger partial charge in [0.2, 0.25) is 5.78 Å². The number of aryl methyl sites for hydroxylation is 1. The smallest absolute Gasteiger partial charge is 0.337 e. The Morgan fingerprint density at radius 2 is 1.50 bits per heavy atom. The number of hydrogen-bond donors (Lipinski definition) is 0. The molecule has 2 aromatic rings.